The molecule has 3 saturated heterocycles. The first-order valence-corrected chi connectivity index (χ1v) is 22.0. The van der Waals surface area contributed by atoms with Gasteiger partial charge in [-0.3, -0.25) is 34.2 Å². The predicted molar refractivity (Wildman–Crippen MR) is 235 cm³/mol. The van der Waals surface area contributed by atoms with Gasteiger partial charge in [-0.25, -0.2) is 4.39 Å². The van der Waals surface area contributed by atoms with E-state index in [9.17, 15) is 29.2 Å². The number of nitrogens with one attached hydrogen (secondary N) is 3. The highest BCUT2D eigenvalue weighted by Crippen LogP contribution is 2.56. The van der Waals surface area contributed by atoms with Crippen LogP contribution < -0.4 is 30.7 Å². The fourth-order valence-corrected chi connectivity index (χ4v) is 11.1. The standard InChI is InChI=1S/C48H53FN8O6/c1-47(2)45(48(3,4)46(47)63-38-12-7-30(25-50)41-33(38)9-13-39(58)51-41)53-42(60)29-6-10-36(35(49)23-29)56-17-15-28(16-18-56)26-54-19-21-55(22-20-54)32-8-5-31-27-57(44(62)34(31)24-32)37-11-14-40(59)52-43(37)61/h5-10,12-13,23-24,28,37,45-46H,11,14-22,26-27H2,1-4H3,(H,51,58)(H,53,60)(H,52,59,61)/t37-,45?,46?/m0/s1. The predicted octanol–water partition coefficient (Wildman–Crippen LogP) is 4.95. The lowest BCUT2D eigenvalue weighted by Gasteiger charge is -2.63. The van der Waals surface area contributed by atoms with Gasteiger partial charge in [0.15, 0.2) is 0 Å². The van der Waals surface area contributed by atoms with E-state index in [0.717, 1.165) is 69.9 Å². The van der Waals surface area contributed by atoms with Crippen molar-refractivity contribution in [1.82, 2.24) is 25.4 Å². The van der Waals surface area contributed by atoms with Gasteiger partial charge in [0.25, 0.3) is 11.8 Å². The minimum absolute atomic E-state index is 0.162. The van der Waals surface area contributed by atoms with E-state index in [1.807, 2.05) is 39.8 Å². The maximum Gasteiger partial charge on any atom is 0.255 e. The van der Waals surface area contributed by atoms with Crippen LogP contribution in [-0.4, -0.2) is 102 Å². The van der Waals surface area contributed by atoms with Crippen LogP contribution in [0, 0.1) is 33.9 Å². The van der Waals surface area contributed by atoms with Crippen LogP contribution in [0.1, 0.15) is 85.2 Å². The maximum absolute atomic E-state index is 15.8. The lowest BCUT2D eigenvalue weighted by atomic mass is 9.49. The summed E-state index contributed by atoms with van der Waals surface area (Å²) < 4.78 is 22.4. The molecular weight excluding hydrogens is 804 g/mol. The number of carbonyl (C=O) groups excluding carboxylic acids is 4. The lowest BCUT2D eigenvalue weighted by Crippen LogP contribution is -2.74. The fraction of sp³-hybridized carbons (Fsp3) is 0.458. The second kappa shape index (κ2) is 16.1. The van der Waals surface area contributed by atoms with E-state index in [1.165, 1.54) is 12.1 Å². The van der Waals surface area contributed by atoms with Crippen LogP contribution >= 0.6 is 0 Å². The third-order valence-corrected chi connectivity index (χ3v) is 14.3. The number of imide groups is 1. The molecule has 15 heteroatoms. The number of H-pyrrole nitrogens is 1. The summed E-state index contributed by atoms with van der Waals surface area (Å²) in [6.45, 7) is 14.3. The third kappa shape index (κ3) is 7.68. The molecule has 0 radical (unpaired) electrons. The van der Waals surface area contributed by atoms with Crippen molar-refractivity contribution in [3.63, 3.8) is 0 Å². The highest BCUT2D eigenvalue weighted by molar-refractivity contribution is 6.05. The van der Waals surface area contributed by atoms with Crippen LogP contribution in [0.5, 0.6) is 5.75 Å². The van der Waals surface area contributed by atoms with Crippen molar-refractivity contribution < 1.29 is 28.3 Å². The molecular formula is C48H53FN8O6. The molecule has 14 nitrogen and oxygen atoms in total. The van der Waals surface area contributed by atoms with Gasteiger partial charge in [-0.1, -0.05) is 33.8 Å². The Hall–Kier alpha value is -6.27. The number of fused-ring (bicyclic) bond motifs is 2. The number of halogens is 1. The van der Waals surface area contributed by atoms with Crippen LogP contribution in [0.3, 0.4) is 0 Å². The van der Waals surface area contributed by atoms with Crippen molar-refractivity contribution in [3.05, 3.63) is 99.1 Å². The van der Waals surface area contributed by atoms with Crippen LogP contribution in [-0.2, 0) is 16.1 Å². The summed E-state index contributed by atoms with van der Waals surface area (Å²) in [6.07, 6.45) is 2.12. The van der Waals surface area contributed by atoms with Crippen LogP contribution in [0.2, 0.25) is 0 Å². The Morgan fingerprint density at radius 3 is 2.33 bits per heavy atom. The largest absolute Gasteiger partial charge is 0.488 e. The number of benzene rings is 3. The first kappa shape index (κ1) is 42.1. The number of ether oxygens (including phenoxy) is 1. The van der Waals surface area contributed by atoms with Gasteiger partial charge in [0.05, 0.1) is 16.8 Å². The number of aromatic nitrogens is 1. The van der Waals surface area contributed by atoms with Crippen molar-refractivity contribution in [2.24, 2.45) is 16.7 Å². The quantitative estimate of drug-likeness (QED) is 0.196. The fourth-order valence-electron chi connectivity index (χ4n) is 11.1. The molecule has 3 N–H and O–H groups in total. The molecule has 4 aromatic rings. The third-order valence-electron chi connectivity index (χ3n) is 14.3. The Balaban J connectivity index is 0.752. The summed E-state index contributed by atoms with van der Waals surface area (Å²) in [5, 5.41) is 15.7. The summed E-state index contributed by atoms with van der Waals surface area (Å²) in [7, 11) is 0. The molecule has 0 unspecified atom stereocenters. The molecule has 0 spiro atoms. The van der Waals surface area contributed by atoms with E-state index in [0.29, 0.717) is 52.4 Å². The van der Waals surface area contributed by atoms with Crippen molar-refractivity contribution in [3.8, 4) is 11.8 Å². The second-order valence-corrected chi connectivity index (χ2v) is 19.0. The number of hydrogen-bond donors (Lipinski definition) is 3. The van der Waals surface area contributed by atoms with Gasteiger partial charge >= 0.3 is 0 Å². The van der Waals surface area contributed by atoms with Crippen LogP contribution in [0.4, 0.5) is 15.8 Å². The normalized spacial score (nSPS) is 23.5. The van der Waals surface area contributed by atoms with E-state index in [-0.39, 0.29) is 47.4 Å². The number of pyridine rings is 1. The average molecular weight is 857 g/mol. The molecule has 0 bridgehead atoms. The van der Waals surface area contributed by atoms with E-state index in [2.05, 4.69) is 42.5 Å². The number of rotatable bonds is 9. The average Bonchev–Trinajstić information content (AvgIpc) is 3.59. The molecule has 3 aromatic carbocycles. The minimum atomic E-state index is -0.627. The van der Waals surface area contributed by atoms with Gasteiger partial charge in [-0.2, -0.15) is 5.26 Å². The zero-order valence-corrected chi connectivity index (χ0v) is 36.1. The van der Waals surface area contributed by atoms with Gasteiger partial charge < -0.3 is 29.7 Å². The van der Waals surface area contributed by atoms with Crippen LogP contribution in [0.25, 0.3) is 10.9 Å². The van der Waals surface area contributed by atoms with Gasteiger partial charge in [-0.15, -0.1) is 0 Å². The zero-order chi connectivity index (χ0) is 44.4. The van der Waals surface area contributed by atoms with Crippen molar-refractivity contribution >= 4 is 45.9 Å². The van der Waals surface area contributed by atoms with Crippen molar-refractivity contribution in [2.45, 2.75) is 78.1 Å². The molecule has 1 aromatic heterocycles. The summed E-state index contributed by atoms with van der Waals surface area (Å²) in [5.74, 6) is -0.623. The second-order valence-electron chi connectivity index (χ2n) is 19.0. The highest BCUT2D eigenvalue weighted by Gasteiger charge is 2.64. The number of amides is 4. The topological polar surface area (TPSA) is 171 Å². The van der Waals surface area contributed by atoms with E-state index >= 15 is 4.39 Å². The summed E-state index contributed by atoms with van der Waals surface area (Å²) in [5.41, 5.74) is 2.71. The van der Waals surface area contributed by atoms with Crippen LogP contribution in [0.15, 0.2) is 65.5 Å². The summed E-state index contributed by atoms with van der Waals surface area (Å²) in [6, 6.07) is 18.3. The van der Waals surface area contributed by atoms with E-state index < -0.39 is 28.6 Å². The molecule has 4 aliphatic heterocycles. The molecule has 1 saturated carbocycles. The smallest absolute Gasteiger partial charge is 0.255 e. The molecule has 1 atom stereocenters. The molecule has 4 fully saturated rings. The van der Waals surface area contributed by atoms with Gasteiger partial charge in [-0.05, 0) is 79.3 Å². The number of nitriles is 1. The van der Waals surface area contributed by atoms with E-state index in [4.69, 9.17) is 4.74 Å². The lowest BCUT2D eigenvalue weighted by molar-refractivity contribution is -0.163. The van der Waals surface area contributed by atoms with Gasteiger partial charge in [0.1, 0.15) is 29.8 Å². The Kier molecular flexibility index (Phi) is 10.8. The molecule has 4 amide bonds. The minimum Gasteiger partial charge on any atom is -0.488 e. The van der Waals surface area contributed by atoms with Gasteiger partial charge in [0, 0.05) is 104 Å². The molecule has 5 heterocycles. The summed E-state index contributed by atoms with van der Waals surface area (Å²) >= 11 is 0. The first-order chi connectivity index (χ1) is 30.1. The molecule has 5 aliphatic rings. The Bertz CT molecular complexity index is 2610. The Morgan fingerprint density at radius 2 is 1.63 bits per heavy atom. The maximum atomic E-state index is 15.8. The number of hydrogen-bond acceptors (Lipinski definition) is 10. The van der Waals surface area contributed by atoms with Gasteiger partial charge in [0.2, 0.25) is 17.4 Å². The zero-order valence-electron chi connectivity index (χ0n) is 36.1. The molecule has 9 rings (SSSR count). The highest BCUT2D eigenvalue weighted by atomic mass is 19.1. The number of anilines is 2. The van der Waals surface area contributed by atoms with Crippen molar-refractivity contribution in [1.29, 1.82) is 5.26 Å². The number of aromatic amines is 1. The number of carbonyl (C=O) groups is 4. The summed E-state index contributed by atoms with van der Waals surface area (Å²) in [4.78, 5) is 74.4. The van der Waals surface area contributed by atoms with Crippen molar-refractivity contribution in [2.75, 3.05) is 55.6 Å². The number of nitrogens with zero attached hydrogens (tertiary/aromatic N) is 5. The SMILES string of the molecule is CC1(C)C(NC(=O)c2ccc(N3CCC(CN4CCN(c5ccc6c(c5)C(=O)N([C@H]5CCC(=O)NC5=O)C6)CC4)CC3)c(F)c2)C(C)(C)C1Oc1ccc(C#N)c2[nH]c(=O)ccc12. The Labute approximate surface area is 365 Å². The molecule has 328 valence electrons. The number of piperazine rings is 1. The monoisotopic (exact) mass is 856 g/mol. The molecule has 63 heavy (non-hydrogen) atoms. The Morgan fingerprint density at radius 1 is 0.889 bits per heavy atom. The first-order valence-electron chi connectivity index (χ1n) is 22.0. The number of piperidine rings is 2. The molecule has 1 aliphatic carbocycles. The van der Waals surface area contributed by atoms with E-state index in [1.54, 1.807) is 35.2 Å².